The summed E-state index contributed by atoms with van der Waals surface area (Å²) in [6.07, 6.45) is 0.707. The number of aromatic nitrogens is 4. The van der Waals surface area contributed by atoms with E-state index in [1.54, 1.807) is 19.1 Å². The first-order valence-corrected chi connectivity index (χ1v) is 8.69. The molecule has 1 amide bonds. The molecule has 0 aliphatic rings. The van der Waals surface area contributed by atoms with Crippen molar-refractivity contribution in [3.05, 3.63) is 46.9 Å². The molecule has 0 radical (unpaired) electrons. The van der Waals surface area contributed by atoms with Gasteiger partial charge in [0.05, 0.1) is 22.4 Å². The Hall–Kier alpha value is -2.83. The number of nitrogens with one attached hydrogen (secondary N) is 1. The van der Waals surface area contributed by atoms with Crippen LogP contribution in [-0.4, -0.2) is 26.1 Å². The summed E-state index contributed by atoms with van der Waals surface area (Å²) in [5.41, 5.74) is 3.75. The Kier molecular flexibility index (Phi) is 4.97. The quantitative estimate of drug-likeness (QED) is 0.755. The van der Waals surface area contributed by atoms with E-state index in [1.807, 2.05) is 19.9 Å². The highest BCUT2D eigenvalue weighted by molar-refractivity contribution is 5.97. The van der Waals surface area contributed by atoms with Gasteiger partial charge in [0.25, 0.3) is 5.91 Å². The first-order valence-electron chi connectivity index (χ1n) is 8.69. The van der Waals surface area contributed by atoms with Crippen molar-refractivity contribution in [2.45, 2.75) is 47.1 Å². The standard InChI is InChI=1S/C19H23N5O2/c1-10(2)8-17(19-24-23-13(5)26-19)22-18(25)14-6-7-15-16(9-14)21-12(4)11(3)20-15/h6-7,9-10,17H,8H2,1-5H3,(H,22,25). The van der Waals surface area contributed by atoms with Crippen LogP contribution in [-0.2, 0) is 0 Å². The number of fused-ring (bicyclic) bond motifs is 1. The van der Waals surface area contributed by atoms with Crippen molar-refractivity contribution in [3.63, 3.8) is 0 Å². The molecule has 1 aromatic carbocycles. The molecule has 136 valence electrons. The van der Waals surface area contributed by atoms with Gasteiger partial charge in [-0.05, 0) is 44.4 Å². The Morgan fingerprint density at radius 3 is 2.38 bits per heavy atom. The highest BCUT2D eigenvalue weighted by Gasteiger charge is 2.22. The van der Waals surface area contributed by atoms with Crippen molar-refractivity contribution in [2.24, 2.45) is 5.92 Å². The van der Waals surface area contributed by atoms with Gasteiger partial charge in [-0.3, -0.25) is 4.79 Å². The summed E-state index contributed by atoms with van der Waals surface area (Å²) in [6.45, 7) is 9.73. The number of hydrogen-bond acceptors (Lipinski definition) is 6. The maximum Gasteiger partial charge on any atom is 0.252 e. The number of hydrogen-bond donors (Lipinski definition) is 1. The van der Waals surface area contributed by atoms with Crippen LogP contribution < -0.4 is 5.32 Å². The minimum absolute atomic E-state index is 0.201. The van der Waals surface area contributed by atoms with E-state index >= 15 is 0 Å². The van der Waals surface area contributed by atoms with Crippen molar-refractivity contribution in [1.29, 1.82) is 0 Å². The molecule has 1 atom stereocenters. The minimum Gasteiger partial charge on any atom is -0.423 e. The van der Waals surface area contributed by atoms with Gasteiger partial charge in [0.1, 0.15) is 6.04 Å². The van der Waals surface area contributed by atoms with Crippen LogP contribution in [0.3, 0.4) is 0 Å². The van der Waals surface area contributed by atoms with Crippen molar-refractivity contribution in [1.82, 2.24) is 25.5 Å². The highest BCUT2D eigenvalue weighted by atomic mass is 16.4. The van der Waals surface area contributed by atoms with Crippen LogP contribution in [0.5, 0.6) is 0 Å². The SMILES string of the molecule is Cc1nnc(C(CC(C)C)NC(=O)c2ccc3nc(C)c(C)nc3c2)o1. The summed E-state index contributed by atoms with van der Waals surface area (Å²) in [6, 6.07) is 5.01. The van der Waals surface area contributed by atoms with Gasteiger partial charge in [0.2, 0.25) is 11.8 Å². The van der Waals surface area contributed by atoms with Crippen LogP contribution >= 0.6 is 0 Å². The lowest BCUT2D eigenvalue weighted by Gasteiger charge is -2.17. The molecule has 1 N–H and O–H groups in total. The lowest BCUT2D eigenvalue weighted by molar-refractivity contribution is 0.0924. The molecule has 0 bridgehead atoms. The van der Waals surface area contributed by atoms with Gasteiger partial charge in [-0.25, -0.2) is 9.97 Å². The fourth-order valence-corrected chi connectivity index (χ4v) is 2.76. The third-order valence-corrected chi connectivity index (χ3v) is 4.19. The third-order valence-electron chi connectivity index (χ3n) is 4.19. The molecule has 0 saturated carbocycles. The van der Waals surface area contributed by atoms with E-state index in [4.69, 9.17) is 4.42 Å². The normalized spacial score (nSPS) is 12.5. The zero-order valence-electron chi connectivity index (χ0n) is 15.7. The highest BCUT2D eigenvalue weighted by Crippen LogP contribution is 2.21. The zero-order chi connectivity index (χ0) is 18.8. The Morgan fingerprint density at radius 1 is 1.08 bits per heavy atom. The molecule has 2 heterocycles. The van der Waals surface area contributed by atoms with Crippen LogP contribution in [0.2, 0.25) is 0 Å². The fraction of sp³-hybridized carbons (Fsp3) is 0.421. The van der Waals surface area contributed by atoms with E-state index in [9.17, 15) is 4.79 Å². The summed E-state index contributed by atoms with van der Waals surface area (Å²) < 4.78 is 5.52. The molecule has 2 aromatic heterocycles. The predicted molar refractivity (Wildman–Crippen MR) is 97.7 cm³/mol. The fourth-order valence-electron chi connectivity index (χ4n) is 2.76. The van der Waals surface area contributed by atoms with Gasteiger partial charge < -0.3 is 9.73 Å². The van der Waals surface area contributed by atoms with Crippen LogP contribution in [0, 0.1) is 26.7 Å². The molecule has 3 aromatic rings. The second-order valence-electron chi connectivity index (χ2n) is 6.91. The van der Waals surface area contributed by atoms with Gasteiger partial charge in [-0.15, -0.1) is 10.2 Å². The maximum atomic E-state index is 12.8. The first-order chi connectivity index (χ1) is 12.3. The number of rotatable bonds is 5. The van der Waals surface area contributed by atoms with Gasteiger partial charge >= 0.3 is 0 Å². The molecule has 0 aliphatic heterocycles. The minimum atomic E-state index is -0.328. The lowest BCUT2D eigenvalue weighted by Crippen LogP contribution is -2.29. The van der Waals surface area contributed by atoms with E-state index in [0.717, 1.165) is 16.9 Å². The van der Waals surface area contributed by atoms with Crippen molar-refractivity contribution in [3.8, 4) is 0 Å². The number of nitrogens with zero attached hydrogens (tertiary/aromatic N) is 4. The number of aryl methyl sites for hydroxylation is 3. The largest absolute Gasteiger partial charge is 0.423 e. The first kappa shape index (κ1) is 18.0. The number of carbonyl (C=O) groups is 1. The van der Waals surface area contributed by atoms with E-state index in [0.29, 0.717) is 35.2 Å². The lowest BCUT2D eigenvalue weighted by atomic mass is 10.0. The second-order valence-corrected chi connectivity index (χ2v) is 6.91. The van der Waals surface area contributed by atoms with Crippen LogP contribution in [0.15, 0.2) is 22.6 Å². The Labute approximate surface area is 152 Å². The Balaban J connectivity index is 1.87. The Bertz CT molecular complexity index is 948. The molecular formula is C19H23N5O2. The summed E-state index contributed by atoms with van der Waals surface area (Å²) in [5.74, 6) is 1.07. The van der Waals surface area contributed by atoms with Crippen molar-refractivity contribution < 1.29 is 9.21 Å². The average molecular weight is 353 g/mol. The number of carbonyl (C=O) groups excluding carboxylic acids is 1. The zero-order valence-corrected chi connectivity index (χ0v) is 15.7. The van der Waals surface area contributed by atoms with Gasteiger partial charge in [-0.1, -0.05) is 13.8 Å². The molecule has 1 unspecified atom stereocenters. The summed E-state index contributed by atoms with van der Waals surface area (Å²) in [5, 5.41) is 10.9. The molecule has 26 heavy (non-hydrogen) atoms. The average Bonchev–Trinajstić information content (AvgIpc) is 3.01. The van der Waals surface area contributed by atoms with Crippen molar-refractivity contribution >= 4 is 16.9 Å². The number of amides is 1. The van der Waals surface area contributed by atoms with E-state index < -0.39 is 0 Å². The van der Waals surface area contributed by atoms with Crippen LogP contribution in [0.4, 0.5) is 0 Å². The topological polar surface area (TPSA) is 93.8 Å². The van der Waals surface area contributed by atoms with Gasteiger partial charge in [-0.2, -0.15) is 0 Å². The number of benzene rings is 1. The molecule has 7 nitrogen and oxygen atoms in total. The summed E-state index contributed by atoms with van der Waals surface area (Å²) in [4.78, 5) is 21.8. The van der Waals surface area contributed by atoms with Gasteiger partial charge in [0.15, 0.2) is 0 Å². The molecule has 7 heteroatoms. The molecule has 0 aliphatic carbocycles. The predicted octanol–water partition coefficient (Wildman–Crippen LogP) is 3.46. The van der Waals surface area contributed by atoms with Gasteiger partial charge in [0, 0.05) is 12.5 Å². The molecule has 3 rings (SSSR count). The van der Waals surface area contributed by atoms with Crippen LogP contribution in [0.25, 0.3) is 11.0 Å². The molecular weight excluding hydrogens is 330 g/mol. The summed E-state index contributed by atoms with van der Waals surface area (Å²) in [7, 11) is 0. The van der Waals surface area contributed by atoms with E-state index in [2.05, 4.69) is 39.3 Å². The monoisotopic (exact) mass is 353 g/mol. The molecule has 0 fully saturated rings. The van der Waals surface area contributed by atoms with E-state index in [1.165, 1.54) is 0 Å². The molecule has 0 spiro atoms. The smallest absolute Gasteiger partial charge is 0.252 e. The third kappa shape index (κ3) is 3.87. The second kappa shape index (κ2) is 7.19. The van der Waals surface area contributed by atoms with E-state index in [-0.39, 0.29) is 11.9 Å². The molecule has 0 saturated heterocycles. The van der Waals surface area contributed by atoms with Crippen molar-refractivity contribution in [2.75, 3.05) is 0 Å². The summed E-state index contributed by atoms with van der Waals surface area (Å²) >= 11 is 0. The Morgan fingerprint density at radius 2 is 1.77 bits per heavy atom. The van der Waals surface area contributed by atoms with Crippen LogP contribution in [0.1, 0.15) is 59.8 Å². The maximum absolute atomic E-state index is 12.8.